The van der Waals surface area contributed by atoms with Crippen LogP contribution in [0.3, 0.4) is 0 Å². The summed E-state index contributed by atoms with van der Waals surface area (Å²) >= 11 is 0. The molecular weight excluding hydrogens is 723 g/mol. The normalized spacial score (nSPS) is 12.9. The van der Waals surface area contributed by atoms with E-state index in [1.807, 2.05) is 6.08 Å². The van der Waals surface area contributed by atoms with Gasteiger partial charge in [0.05, 0.1) is 18.8 Å². The molecule has 0 saturated carbocycles. The van der Waals surface area contributed by atoms with E-state index in [2.05, 4.69) is 31.3 Å². The van der Waals surface area contributed by atoms with Crippen LogP contribution in [0.1, 0.15) is 303 Å². The lowest BCUT2D eigenvalue weighted by molar-refractivity contribution is -0.123. The van der Waals surface area contributed by atoms with Crippen molar-refractivity contribution in [2.75, 3.05) is 6.61 Å². The Morgan fingerprint density at radius 3 is 0.932 bits per heavy atom. The number of aliphatic hydroxyl groups excluding tert-OH is 2. The van der Waals surface area contributed by atoms with E-state index in [1.165, 1.54) is 257 Å². The highest BCUT2D eigenvalue weighted by Crippen LogP contribution is 2.17. The Bertz CT molecular complexity index is 855. The minimum absolute atomic E-state index is 0.0597. The van der Waals surface area contributed by atoms with Crippen molar-refractivity contribution >= 4 is 5.91 Å². The zero-order valence-electron chi connectivity index (χ0n) is 40.3. The zero-order chi connectivity index (χ0) is 42.8. The molecular formula is C55H107NO3. The van der Waals surface area contributed by atoms with Gasteiger partial charge in [0.15, 0.2) is 0 Å². The molecule has 0 heterocycles. The molecule has 0 aromatic heterocycles. The van der Waals surface area contributed by atoms with Crippen molar-refractivity contribution in [2.24, 2.45) is 0 Å². The first kappa shape index (κ1) is 57.9. The molecule has 0 aliphatic rings. The van der Waals surface area contributed by atoms with Gasteiger partial charge in [-0.1, -0.05) is 276 Å². The Kier molecular flexibility index (Phi) is 50.2. The summed E-state index contributed by atoms with van der Waals surface area (Å²) in [5, 5.41) is 23.1. The lowest BCUT2D eigenvalue weighted by atomic mass is 10.0. The largest absolute Gasteiger partial charge is 0.394 e. The Labute approximate surface area is 370 Å². The zero-order valence-corrected chi connectivity index (χ0v) is 40.3. The number of nitrogens with one attached hydrogen (secondary N) is 1. The Morgan fingerprint density at radius 1 is 0.390 bits per heavy atom. The molecule has 0 rings (SSSR count). The summed E-state index contributed by atoms with van der Waals surface area (Å²) in [5.74, 6) is -0.0597. The third-order valence-corrected chi connectivity index (χ3v) is 12.7. The highest BCUT2D eigenvalue weighted by Gasteiger charge is 2.18. The van der Waals surface area contributed by atoms with Crippen LogP contribution < -0.4 is 5.32 Å². The molecule has 0 bridgehead atoms. The molecule has 0 saturated heterocycles. The maximum Gasteiger partial charge on any atom is 0.220 e. The quantitative estimate of drug-likeness (QED) is 0.0422. The molecule has 2 atom stereocenters. The van der Waals surface area contributed by atoms with E-state index in [0.717, 1.165) is 25.7 Å². The average Bonchev–Trinajstić information content (AvgIpc) is 3.24. The number of unbranched alkanes of at least 4 members (excludes halogenated alkanes) is 41. The molecule has 3 N–H and O–H groups in total. The van der Waals surface area contributed by atoms with Crippen LogP contribution >= 0.6 is 0 Å². The third kappa shape index (κ3) is 47.8. The van der Waals surface area contributed by atoms with Gasteiger partial charge in [-0.05, 0) is 44.9 Å². The van der Waals surface area contributed by atoms with E-state index < -0.39 is 12.1 Å². The van der Waals surface area contributed by atoms with E-state index in [-0.39, 0.29) is 12.5 Å². The summed E-state index contributed by atoms with van der Waals surface area (Å²) in [6.45, 7) is 4.34. The van der Waals surface area contributed by atoms with Crippen LogP contribution in [0, 0.1) is 0 Å². The minimum atomic E-state index is -0.837. The second-order valence-electron chi connectivity index (χ2n) is 18.7. The fourth-order valence-corrected chi connectivity index (χ4v) is 8.53. The molecule has 4 heteroatoms. The number of rotatable bonds is 50. The summed E-state index contributed by atoms with van der Waals surface area (Å²) in [4.78, 5) is 12.5. The molecule has 0 aliphatic carbocycles. The van der Waals surface area contributed by atoms with Crippen LogP contribution in [0.5, 0.6) is 0 Å². The summed E-state index contributed by atoms with van der Waals surface area (Å²) < 4.78 is 0. The smallest absolute Gasteiger partial charge is 0.220 e. The lowest BCUT2D eigenvalue weighted by Crippen LogP contribution is -2.45. The molecule has 2 unspecified atom stereocenters. The van der Waals surface area contributed by atoms with Crippen LogP contribution in [-0.2, 0) is 4.79 Å². The molecule has 0 spiro atoms. The van der Waals surface area contributed by atoms with Crippen molar-refractivity contribution in [1.82, 2.24) is 5.32 Å². The first-order valence-electron chi connectivity index (χ1n) is 27.1. The molecule has 0 aromatic carbocycles. The van der Waals surface area contributed by atoms with Gasteiger partial charge < -0.3 is 15.5 Å². The lowest BCUT2D eigenvalue weighted by Gasteiger charge is -2.20. The second kappa shape index (κ2) is 51.2. The van der Waals surface area contributed by atoms with Gasteiger partial charge in [0.1, 0.15) is 0 Å². The molecule has 0 aromatic rings. The van der Waals surface area contributed by atoms with Crippen LogP contribution in [0.25, 0.3) is 0 Å². The molecule has 1 amide bonds. The predicted octanol–water partition coefficient (Wildman–Crippen LogP) is 17.5. The Hall–Kier alpha value is -1.13. The van der Waals surface area contributed by atoms with Gasteiger partial charge in [-0.25, -0.2) is 0 Å². The predicted molar refractivity (Wildman–Crippen MR) is 262 cm³/mol. The summed E-state index contributed by atoms with van der Waals surface area (Å²) in [6.07, 6.45) is 67.6. The molecule has 350 valence electrons. The molecule has 0 fully saturated rings. The summed E-state index contributed by atoms with van der Waals surface area (Å²) in [7, 11) is 0. The van der Waals surface area contributed by atoms with Gasteiger partial charge in [0, 0.05) is 6.42 Å². The maximum atomic E-state index is 12.5. The average molecular weight is 830 g/mol. The van der Waals surface area contributed by atoms with Crippen LogP contribution in [0.15, 0.2) is 24.3 Å². The topological polar surface area (TPSA) is 69.6 Å². The van der Waals surface area contributed by atoms with Crippen molar-refractivity contribution in [1.29, 1.82) is 0 Å². The second-order valence-corrected chi connectivity index (χ2v) is 18.7. The summed E-state index contributed by atoms with van der Waals surface area (Å²) in [6, 6.07) is -0.620. The molecule has 4 nitrogen and oxygen atoms in total. The molecule has 59 heavy (non-hydrogen) atoms. The number of aliphatic hydroxyl groups is 2. The van der Waals surface area contributed by atoms with Crippen LogP contribution in [-0.4, -0.2) is 34.9 Å². The van der Waals surface area contributed by atoms with Crippen molar-refractivity contribution < 1.29 is 15.0 Å². The van der Waals surface area contributed by atoms with Gasteiger partial charge in [0.25, 0.3) is 0 Å². The Balaban J connectivity index is 3.47. The third-order valence-electron chi connectivity index (χ3n) is 12.7. The van der Waals surface area contributed by atoms with E-state index in [1.54, 1.807) is 6.08 Å². The van der Waals surface area contributed by atoms with Crippen molar-refractivity contribution in [2.45, 2.75) is 315 Å². The monoisotopic (exact) mass is 830 g/mol. The highest BCUT2D eigenvalue weighted by molar-refractivity contribution is 5.76. The number of hydrogen-bond donors (Lipinski definition) is 3. The van der Waals surface area contributed by atoms with Crippen molar-refractivity contribution in [3.63, 3.8) is 0 Å². The maximum absolute atomic E-state index is 12.5. The first-order chi connectivity index (χ1) is 29.2. The SMILES string of the molecule is CCCCCCCCCCCCCC/C=C\CCCCCCCCCCCCCCC(=O)NC(CO)C(O)/C=C/CCCCCCCCCCCCCCCCCCC. The van der Waals surface area contributed by atoms with Gasteiger partial charge in [0.2, 0.25) is 5.91 Å². The minimum Gasteiger partial charge on any atom is -0.394 e. The summed E-state index contributed by atoms with van der Waals surface area (Å²) in [5.41, 5.74) is 0. The molecule has 0 radical (unpaired) electrons. The van der Waals surface area contributed by atoms with Gasteiger partial charge in [-0.15, -0.1) is 0 Å². The highest BCUT2D eigenvalue weighted by atomic mass is 16.3. The number of amides is 1. The van der Waals surface area contributed by atoms with Gasteiger partial charge in [-0.3, -0.25) is 4.79 Å². The van der Waals surface area contributed by atoms with Crippen LogP contribution in [0.2, 0.25) is 0 Å². The number of allylic oxidation sites excluding steroid dienone is 3. The standard InChI is InChI=1S/C55H107NO3/c1-3-5-7-9-11-13-15-17-19-21-23-24-25-26-27-28-29-30-31-33-35-37-39-41-43-45-47-49-51-55(59)56-53(52-57)54(58)50-48-46-44-42-40-38-36-34-32-22-20-18-16-14-12-10-8-6-4-2/h26-27,48,50,53-54,57-58H,3-25,28-47,49,51-52H2,1-2H3,(H,56,59)/b27-26-,50-48+. The van der Waals surface area contributed by atoms with Gasteiger partial charge >= 0.3 is 0 Å². The van der Waals surface area contributed by atoms with Crippen molar-refractivity contribution in [3.05, 3.63) is 24.3 Å². The number of carbonyl (C=O) groups is 1. The fourth-order valence-electron chi connectivity index (χ4n) is 8.53. The first-order valence-corrected chi connectivity index (χ1v) is 27.1. The molecule has 0 aliphatic heterocycles. The van der Waals surface area contributed by atoms with Crippen LogP contribution in [0.4, 0.5) is 0 Å². The van der Waals surface area contributed by atoms with E-state index in [4.69, 9.17) is 0 Å². The Morgan fingerprint density at radius 2 is 0.644 bits per heavy atom. The number of carbonyl (C=O) groups excluding carboxylic acids is 1. The van der Waals surface area contributed by atoms with Crippen molar-refractivity contribution in [3.8, 4) is 0 Å². The fraction of sp³-hybridized carbons (Fsp3) is 0.909. The van der Waals surface area contributed by atoms with Gasteiger partial charge in [-0.2, -0.15) is 0 Å². The van der Waals surface area contributed by atoms with E-state index >= 15 is 0 Å². The number of hydrogen-bond acceptors (Lipinski definition) is 3. The van der Waals surface area contributed by atoms with E-state index in [9.17, 15) is 15.0 Å². The van der Waals surface area contributed by atoms with E-state index in [0.29, 0.717) is 6.42 Å².